The lowest BCUT2D eigenvalue weighted by atomic mass is 10.0. The Hall–Kier alpha value is -2.61. The van der Waals surface area contributed by atoms with Gasteiger partial charge in [0.05, 0.1) is 4.92 Å². The van der Waals surface area contributed by atoms with Gasteiger partial charge in [0.15, 0.2) is 5.11 Å². The van der Waals surface area contributed by atoms with Crippen molar-refractivity contribution < 1.29 is 14.5 Å². The standard InChI is InChI=1S/C14H13N3O4S/c1-8-4-5-9(7-11(8)17(20)21)6-10-12(18)15(2)14(22)16(3)13(10)19/h4-7H,1-3H3. The zero-order valence-corrected chi connectivity index (χ0v) is 13.0. The third kappa shape index (κ3) is 2.60. The van der Waals surface area contributed by atoms with Crippen LogP contribution < -0.4 is 0 Å². The van der Waals surface area contributed by atoms with Crippen LogP contribution in [0, 0.1) is 17.0 Å². The quantitative estimate of drug-likeness (QED) is 0.271. The van der Waals surface area contributed by atoms with Crippen molar-refractivity contribution >= 4 is 40.9 Å². The number of carbonyl (C=O) groups is 2. The molecule has 2 amide bonds. The van der Waals surface area contributed by atoms with E-state index in [4.69, 9.17) is 12.2 Å². The van der Waals surface area contributed by atoms with Crippen LogP contribution >= 0.6 is 12.2 Å². The first-order chi connectivity index (χ1) is 10.2. The molecule has 1 aromatic carbocycles. The molecular formula is C14H13N3O4S. The molecule has 2 rings (SSSR count). The van der Waals surface area contributed by atoms with E-state index in [-0.39, 0.29) is 16.4 Å². The lowest BCUT2D eigenvalue weighted by Crippen LogP contribution is -2.52. The summed E-state index contributed by atoms with van der Waals surface area (Å²) in [5.74, 6) is -1.06. The van der Waals surface area contributed by atoms with Crippen molar-refractivity contribution in [3.05, 3.63) is 45.0 Å². The summed E-state index contributed by atoms with van der Waals surface area (Å²) < 4.78 is 0. The van der Waals surface area contributed by atoms with Crippen molar-refractivity contribution in [2.75, 3.05) is 14.1 Å². The Balaban J connectivity index is 2.50. The Kier molecular flexibility index (Phi) is 4.05. The summed E-state index contributed by atoms with van der Waals surface area (Å²) in [4.78, 5) is 37.2. The summed E-state index contributed by atoms with van der Waals surface area (Å²) in [7, 11) is 2.94. The zero-order valence-electron chi connectivity index (χ0n) is 12.2. The van der Waals surface area contributed by atoms with Gasteiger partial charge in [0.25, 0.3) is 17.5 Å². The number of nitro groups is 1. The molecule has 0 N–H and O–H groups in total. The number of aryl methyl sites for hydroxylation is 1. The third-order valence-electron chi connectivity index (χ3n) is 3.38. The SMILES string of the molecule is Cc1ccc(C=C2C(=O)N(C)C(=S)N(C)C2=O)cc1[N+](=O)[O-]. The van der Waals surface area contributed by atoms with E-state index in [1.54, 1.807) is 19.1 Å². The minimum absolute atomic E-state index is 0.0673. The smallest absolute Gasteiger partial charge is 0.272 e. The molecule has 7 nitrogen and oxygen atoms in total. The van der Waals surface area contributed by atoms with Gasteiger partial charge in [0.1, 0.15) is 5.57 Å². The average Bonchev–Trinajstić information content (AvgIpc) is 2.49. The van der Waals surface area contributed by atoms with Gasteiger partial charge in [-0.1, -0.05) is 12.1 Å². The van der Waals surface area contributed by atoms with Gasteiger partial charge in [-0.3, -0.25) is 29.5 Å². The second-order valence-corrected chi connectivity index (χ2v) is 5.24. The van der Waals surface area contributed by atoms with Crippen LogP contribution in [0.3, 0.4) is 0 Å². The Morgan fingerprint density at radius 3 is 2.23 bits per heavy atom. The molecule has 0 saturated carbocycles. The van der Waals surface area contributed by atoms with E-state index in [1.807, 2.05) is 0 Å². The second-order valence-electron chi connectivity index (χ2n) is 4.87. The summed E-state index contributed by atoms with van der Waals surface area (Å²) in [6.45, 7) is 1.62. The van der Waals surface area contributed by atoms with Crippen LogP contribution in [0.5, 0.6) is 0 Å². The summed E-state index contributed by atoms with van der Waals surface area (Å²) in [6, 6.07) is 4.51. The van der Waals surface area contributed by atoms with E-state index < -0.39 is 16.7 Å². The lowest BCUT2D eigenvalue weighted by molar-refractivity contribution is -0.385. The third-order valence-corrected chi connectivity index (χ3v) is 3.93. The predicted molar refractivity (Wildman–Crippen MR) is 83.9 cm³/mol. The molecule has 22 heavy (non-hydrogen) atoms. The fourth-order valence-electron chi connectivity index (χ4n) is 2.05. The molecule has 1 aliphatic heterocycles. The van der Waals surface area contributed by atoms with E-state index in [2.05, 4.69) is 0 Å². The highest BCUT2D eigenvalue weighted by Gasteiger charge is 2.35. The van der Waals surface area contributed by atoms with Gasteiger partial charge < -0.3 is 0 Å². The number of hydrogen-bond acceptors (Lipinski definition) is 5. The van der Waals surface area contributed by atoms with Crippen molar-refractivity contribution in [2.24, 2.45) is 0 Å². The maximum Gasteiger partial charge on any atom is 0.272 e. The van der Waals surface area contributed by atoms with E-state index >= 15 is 0 Å². The summed E-state index contributed by atoms with van der Waals surface area (Å²) in [6.07, 6.45) is 1.34. The molecule has 0 bridgehead atoms. The Bertz CT molecular complexity index is 716. The molecule has 0 aromatic heterocycles. The largest absolute Gasteiger partial charge is 0.288 e. The van der Waals surface area contributed by atoms with Crippen molar-refractivity contribution in [1.29, 1.82) is 0 Å². The summed E-state index contributed by atoms with van der Waals surface area (Å²) in [5, 5.41) is 11.1. The molecule has 1 heterocycles. The zero-order chi connectivity index (χ0) is 16.6. The molecule has 0 atom stereocenters. The first-order valence-electron chi connectivity index (χ1n) is 6.31. The number of nitro benzene ring substituents is 1. The number of amides is 2. The van der Waals surface area contributed by atoms with Crippen molar-refractivity contribution in [1.82, 2.24) is 9.80 Å². The van der Waals surface area contributed by atoms with Gasteiger partial charge in [0, 0.05) is 25.7 Å². The summed E-state index contributed by atoms with van der Waals surface area (Å²) >= 11 is 4.99. The Morgan fingerprint density at radius 1 is 1.18 bits per heavy atom. The number of nitrogens with zero attached hydrogens (tertiary/aromatic N) is 3. The van der Waals surface area contributed by atoms with Gasteiger partial charge >= 0.3 is 0 Å². The molecule has 1 saturated heterocycles. The van der Waals surface area contributed by atoms with Gasteiger partial charge in [-0.05, 0) is 30.8 Å². The van der Waals surface area contributed by atoms with E-state index in [9.17, 15) is 19.7 Å². The number of benzene rings is 1. The van der Waals surface area contributed by atoms with Gasteiger partial charge in [0.2, 0.25) is 0 Å². The molecule has 1 aromatic rings. The molecule has 0 aliphatic carbocycles. The van der Waals surface area contributed by atoms with Crippen molar-refractivity contribution in [3.8, 4) is 0 Å². The molecule has 8 heteroatoms. The summed E-state index contributed by atoms with van der Waals surface area (Å²) in [5.41, 5.74) is 0.756. The molecule has 1 aliphatic rings. The van der Waals surface area contributed by atoms with Crippen molar-refractivity contribution in [3.63, 3.8) is 0 Å². The maximum atomic E-state index is 12.2. The highest BCUT2D eigenvalue weighted by molar-refractivity contribution is 7.80. The van der Waals surface area contributed by atoms with Crippen LogP contribution in [0.25, 0.3) is 6.08 Å². The highest BCUT2D eigenvalue weighted by Crippen LogP contribution is 2.23. The molecule has 0 spiro atoms. The number of thiocarbonyl (C=S) groups is 1. The average molecular weight is 319 g/mol. The van der Waals surface area contributed by atoms with Crippen LogP contribution in [0.1, 0.15) is 11.1 Å². The minimum Gasteiger partial charge on any atom is -0.288 e. The van der Waals surface area contributed by atoms with Gasteiger partial charge in [-0.15, -0.1) is 0 Å². The molecule has 114 valence electrons. The number of rotatable bonds is 2. The number of hydrogen-bond donors (Lipinski definition) is 0. The van der Waals surface area contributed by atoms with Crippen LogP contribution in [0.4, 0.5) is 5.69 Å². The van der Waals surface area contributed by atoms with Crippen LogP contribution in [0.15, 0.2) is 23.8 Å². The molecule has 1 fully saturated rings. The van der Waals surface area contributed by atoms with Crippen LogP contribution in [0.2, 0.25) is 0 Å². The van der Waals surface area contributed by atoms with E-state index in [0.29, 0.717) is 11.1 Å². The highest BCUT2D eigenvalue weighted by atomic mass is 32.1. The molecule has 0 radical (unpaired) electrons. The molecule has 0 unspecified atom stereocenters. The maximum absolute atomic E-state index is 12.2. The fourth-order valence-corrected chi connectivity index (χ4v) is 2.22. The van der Waals surface area contributed by atoms with E-state index in [1.165, 1.54) is 36.0 Å². The Morgan fingerprint density at radius 2 is 1.73 bits per heavy atom. The van der Waals surface area contributed by atoms with E-state index in [0.717, 1.165) is 0 Å². The van der Waals surface area contributed by atoms with Crippen LogP contribution in [-0.2, 0) is 9.59 Å². The van der Waals surface area contributed by atoms with Gasteiger partial charge in [-0.25, -0.2) is 0 Å². The van der Waals surface area contributed by atoms with Crippen LogP contribution in [-0.4, -0.2) is 45.7 Å². The number of carbonyl (C=O) groups excluding carboxylic acids is 2. The first kappa shape index (κ1) is 15.8. The van der Waals surface area contributed by atoms with Crippen molar-refractivity contribution in [2.45, 2.75) is 6.92 Å². The predicted octanol–water partition coefficient (Wildman–Crippen LogP) is 1.50. The Labute approximate surface area is 132 Å². The molecular weight excluding hydrogens is 306 g/mol. The second kappa shape index (κ2) is 5.64. The minimum atomic E-state index is -0.531. The monoisotopic (exact) mass is 319 g/mol. The first-order valence-corrected chi connectivity index (χ1v) is 6.71. The number of likely N-dealkylation sites (N-methyl/N-ethyl adjacent to an activating group) is 2. The van der Waals surface area contributed by atoms with Gasteiger partial charge in [-0.2, -0.15) is 0 Å². The normalized spacial score (nSPS) is 15.4. The fraction of sp³-hybridized carbons (Fsp3) is 0.214. The topological polar surface area (TPSA) is 83.8 Å². The lowest BCUT2D eigenvalue weighted by Gasteiger charge is -2.31.